The van der Waals surface area contributed by atoms with Gasteiger partial charge in [0.1, 0.15) is 0 Å². The standard InChI is InChI=1S/C8H11NO4S/c1-5(7(11)12)2-3-9-6(10)4-14-8(9)13/h5H,2-4H2,1H3,(H,11,12). The molecule has 5 nitrogen and oxygen atoms in total. The van der Waals surface area contributed by atoms with E-state index in [4.69, 9.17) is 5.11 Å². The van der Waals surface area contributed by atoms with Crippen molar-refractivity contribution in [1.82, 2.24) is 4.90 Å². The average molecular weight is 217 g/mol. The topological polar surface area (TPSA) is 74.7 Å². The van der Waals surface area contributed by atoms with E-state index in [1.807, 2.05) is 0 Å². The van der Waals surface area contributed by atoms with Crippen molar-refractivity contribution in [2.24, 2.45) is 5.92 Å². The fourth-order valence-corrected chi connectivity index (χ4v) is 1.80. The molecule has 0 bridgehead atoms. The SMILES string of the molecule is CC(CCN1C(=O)CSC1=O)C(=O)O. The van der Waals surface area contributed by atoms with Crippen LogP contribution in [0.25, 0.3) is 0 Å². The van der Waals surface area contributed by atoms with E-state index in [1.165, 1.54) is 0 Å². The lowest BCUT2D eigenvalue weighted by Crippen LogP contribution is -2.31. The van der Waals surface area contributed by atoms with Crippen molar-refractivity contribution in [2.45, 2.75) is 13.3 Å². The largest absolute Gasteiger partial charge is 0.481 e. The Kier molecular flexibility index (Phi) is 3.51. The molecule has 1 N–H and O–H groups in total. The van der Waals surface area contributed by atoms with Gasteiger partial charge in [0.05, 0.1) is 11.7 Å². The molecule has 0 radical (unpaired) electrons. The van der Waals surface area contributed by atoms with Gasteiger partial charge in [-0.25, -0.2) is 0 Å². The van der Waals surface area contributed by atoms with Gasteiger partial charge in [0, 0.05) is 6.54 Å². The van der Waals surface area contributed by atoms with Crippen molar-refractivity contribution >= 4 is 28.9 Å². The maximum atomic E-state index is 11.1. The van der Waals surface area contributed by atoms with Crippen molar-refractivity contribution in [1.29, 1.82) is 0 Å². The number of hydrogen-bond donors (Lipinski definition) is 1. The molecule has 0 aliphatic carbocycles. The molecule has 1 heterocycles. The highest BCUT2D eigenvalue weighted by Crippen LogP contribution is 2.19. The van der Waals surface area contributed by atoms with Crippen molar-refractivity contribution in [2.75, 3.05) is 12.3 Å². The predicted octanol–water partition coefficient (Wildman–Crippen LogP) is 0.793. The average Bonchev–Trinajstić information content (AvgIpc) is 2.43. The summed E-state index contributed by atoms with van der Waals surface area (Å²) >= 11 is 0.964. The number of rotatable bonds is 4. The molecule has 0 spiro atoms. The molecule has 1 aliphatic heterocycles. The molecular formula is C8H11NO4S. The van der Waals surface area contributed by atoms with Gasteiger partial charge in [0.2, 0.25) is 5.91 Å². The number of nitrogens with zero attached hydrogens (tertiary/aromatic N) is 1. The normalized spacial score (nSPS) is 18.8. The molecule has 1 unspecified atom stereocenters. The van der Waals surface area contributed by atoms with E-state index in [0.29, 0.717) is 6.42 Å². The minimum absolute atomic E-state index is 0.181. The number of carbonyl (C=O) groups excluding carboxylic acids is 2. The first-order valence-electron chi connectivity index (χ1n) is 4.22. The summed E-state index contributed by atoms with van der Waals surface area (Å²) < 4.78 is 0. The lowest BCUT2D eigenvalue weighted by Gasteiger charge is -2.13. The fraction of sp³-hybridized carbons (Fsp3) is 0.625. The van der Waals surface area contributed by atoms with E-state index in [2.05, 4.69) is 0 Å². The van der Waals surface area contributed by atoms with Crippen molar-refractivity contribution in [3.8, 4) is 0 Å². The van der Waals surface area contributed by atoms with Crippen LogP contribution in [0, 0.1) is 5.92 Å². The Morgan fingerprint density at radius 3 is 2.71 bits per heavy atom. The number of carboxylic acids is 1. The zero-order valence-electron chi connectivity index (χ0n) is 7.73. The van der Waals surface area contributed by atoms with Crippen LogP contribution in [0.5, 0.6) is 0 Å². The molecule has 1 fully saturated rings. The minimum atomic E-state index is -0.906. The van der Waals surface area contributed by atoms with Gasteiger partial charge < -0.3 is 5.11 Å². The van der Waals surface area contributed by atoms with E-state index < -0.39 is 11.9 Å². The van der Waals surface area contributed by atoms with Gasteiger partial charge in [-0.1, -0.05) is 18.7 Å². The third kappa shape index (κ3) is 2.47. The molecule has 0 saturated carbocycles. The molecule has 2 amide bonds. The highest BCUT2D eigenvalue weighted by molar-refractivity contribution is 8.14. The smallest absolute Gasteiger partial charge is 0.306 e. The van der Waals surface area contributed by atoms with Crippen LogP contribution in [-0.2, 0) is 9.59 Å². The Hall–Kier alpha value is -1.04. The van der Waals surface area contributed by atoms with Crippen LogP contribution in [0.15, 0.2) is 0 Å². The Morgan fingerprint density at radius 1 is 1.64 bits per heavy atom. The van der Waals surface area contributed by atoms with E-state index >= 15 is 0 Å². The van der Waals surface area contributed by atoms with E-state index in [0.717, 1.165) is 16.7 Å². The second kappa shape index (κ2) is 4.45. The molecule has 0 aromatic carbocycles. The molecular weight excluding hydrogens is 206 g/mol. The fourth-order valence-electron chi connectivity index (χ4n) is 1.04. The van der Waals surface area contributed by atoms with Crippen molar-refractivity contribution in [3.63, 3.8) is 0 Å². The Labute approximate surface area is 85.4 Å². The van der Waals surface area contributed by atoms with Crippen LogP contribution in [0.3, 0.4) is 0 Å². The summed E-state index contributed by atoms with van der Waals surface area (Å²) in [6.07, 6.45) is 0.313. The molecule has 1 rings (SSSR count). The summed E-state index contributed by atoms with van der Waals surface area (Å²) in [5.41, 5.74) is 0. The second-order valence-corrected chi connectivity index (χ2v) is 4.05. The maximum Gasteiger partial charge on any atom is 0.306 e. The second-order valence-electron chi connectivity index (χ2n) is 3.13. The van der Waals surface area contributed by atoms with Crippen LogP contribution >= 0.6 is 11.8 Å². The number of imide groups is 1. The van der Waals surface area contributed by atoms with E-state index in [9.17, 15) is 14.4 Å². The first kappa shape index (κ1) is 11.0. The summed E-state index contributed by atoms with van der Waals surface area (Å²) in [6.45, 7) is 1.76. The molecule has 1 atom stereocenters. The van der Waals surface area contributed by atoms with Crippen molar-refractivity contribution < 1.29 is 19.5 Å². The number of hydrogen-bond acceptors (Lipinski definition) is 4. The monoisotopic (exact) mass is 217 g/mol. The molecule has 0 aromatic rings. The number of carboxylic acid groups (broad SMARTS) is 1. The van der Waals surface area contributed by atoms with Crippen LogP contribution in [0.4, 0.5) is 4.79 Å². The zero-order chi connectivity index (χ0) is 10.7. The lowest BCUT2D eigenvalue weighted by atomic mass is 10.1. The highest BCUT2D eigenvalue weighted by atomic mass is 32.2. The number of thioether (sulfide) groups is 1. The molecule has 1 aliphatic rings. The molecule has 6 heteroatoms. The van der Waals surface area contributed by atoms with Gasteiger partial charge >= 0.3 is 5.97 Å². The van der Waals surface area contributed by atoms with Crippen LogP contribution < -0.4 is 0 Å². The van der Waals surface area contributed by atoms with Gasteiger partial charge in [0.15, 0.2) is 0 Å². The van der Waals surface area contributed by atoms with Crippen LogP contribution in [0.2, 0.25) is 0 Å². The molecule has 0 aromatic heterocycles. The number of amides is 2. The zero-order valence-corrected chi connectivity index (χ0v) is 8.54. The summed E-state index contributed by atoms with van der Waals surface area (Å²) in [5.74, 6) is -1.48. The van der Waals surface area contributed by atoms with Crippen LogP contribution in [0.1, 0.15) is 13.3 Å². The Balaban J connectivity index is 2.41. The summed E-state index contributed by atoms with van der Waals surface area (Å²) in [5, 5.41) is 8.32. The van der Waals surface area contributed by atoms with Gasteiger partial charge in [0.25, 0.3) is 5.24 Å². The maximum absolute atomic E-state index is 11.1. The third-order valence-corrected chi connectivity index (χ3v) is 2.91. The van der Waals surface area contributed by atoms with E-state index in [-0.39, 0.29) is 23.4 Å². The van der Waals surface area contributed by atoms with Gasteiger partial charge in [-0.05, 0) is 6.42 Å². The Morgan fingerprint density at radius 2 is 2.29 bits per heavy atom. The number of aliphatic carboxylic acids is 1. The van der Waals surface area contributed by atoms with Gasteiger partial charge in [-0.15, -0.1) is 0 Å². The summed E-state index contributed by atoms with van der Waals surface area (Å²) in [4.78, 5) is 33.8. The first-order valence-corrected chi connectivity index (χ1v) is 5.21. The minimum Gasteiger partial charge on any atom is -0.481 e. The first-order chi connectivity index (χ1) is 6.52. The molecule has 14 heavy (non-hydrogen) atoms. The number of carbonyl (C=O) groups is 3. The van der Waals surface area contributed by atoms with Crippen LogP contribution in [-0.4, -0.2) is 39.4 Å². The summed E-state index contributed by atoms with van der Waals surface area (Å²) in [7, 11) is 0. The molecule has 1 saturated heterocycles. The van der Waals surface area contributed by atoms with Gasteiger partial charge in [-0.3, -0.25) is 19.3 Å². The predicted molar refractivity (Wildman–Crippen MR) is 51.0 cm³/mol. The summed E-state index contributed by atoms with van der Waals surface area (Å²) in [6, 6.07) is 0. The lowest BCUT2D eigenvalue weighted by molar-refractivity contribution is -0.141. The third-order valence-electron chi connectivity index (χ3n) is 2.05. The van der Waals surface area contributed by atoms with Crippen molar-refractivity contribution in [3.05, 3.63) is 0 Å². The van der Waals surface area contributed by atoms with E-state index in [1.54, 1.807) is 6.92 Å². The molecule has 78 valence electrons. The van der Waals surface area contributed by atoms with Gasteiger partial charge in [-0.2, -0.15) is 0 Å². The highest BCUT2D eigenvalue weighted by Gasteiger charge is 2.30. The Bertz CT molecular complexity index is 263. The quantitative estimate of drug-likeness (QED) is 0.753.